The second kappa shape index (κ2) is 13.9. The van der Waals surface area contributed by atoms with Crippen LogP contribution < -0.4 is 5.32 Å². The van der Waals surface area contributed by atoms with E-state index in [1.54, 1.807) is 40.0 Å². The van der Waals surface area contributed by atoms with E-state index in [9.17, 15) is 9.59 Å². The molecule has 1 aromatic heterocycles. The van der Waals surface area contributed by atoms with Crippen LogP contribution in [-0.4, -0.2) is 59.7 Å². The largest absolute Gasteiger partial charge is 0.444 e. The molecule has 4 rings (SSSR count). The summed E-state index contributed by atoms with van der Waals surface area (Å²) in [5, 5.41) is 8.95. The van der Waals surface area contributed by atoms with Crippen molar-refractivity contribution in [3.05, 3.63) is 58.2 Å². The van der Waals surface area contributed by atoms with Gasteiger partial charge in [-0.15, -0.1) is 0 Å². The third-order valence-corrected chi connectivity index (χ3v) is 9.21. The SMILES string of the molecule is CC(C)(C)OC(=O)N1CCCC[C@@H]1[C@H](OC(=O)Nc1ccc2c(cnn2COCC[Si](C)(C)C)c1)c1cc(Cl)cc(Cl)c1. The Kier molecular flexibility index (Phi) is 10.7. The predicted octanol–water partition coefficient (Wildman–Crippen LogP) is 8.73. The maximum Gasteiger partial charge on any atom is 0.412 e. The van der Waals surface area contributed by atoms with Crippen LogP contribution in [0.15, 0.2) is 42.6 Å². The maximum absolute atomic E-state index is 13.3. The van der Waals surface area contributed by atoms with Crippen LogP contribution in [0, 0.1) is 0 Å². The first kappa shape index (κ1) is 33.1. The number of aromatic nitrogens is 2. The fraction of sp³-hybridized carbons (Fsp3) is 0.516. The van der Waals surface area contributed by atoms with Crippen LogP contribution in [0.25, 0.3) is 10.9 Å². The van der Waals surface area contributed by atoms with Crippen LogP contribution in [0.2, 0.25) is 35.7 Å². The Morgan fingerprint density at radius 3 is 2.49 bits per heavy atom. The Hall–Kier alpha value is -2.79. The summed E-state index contributed by atoms with van der Waals surface area (Å²) in [6.07, 6.45) is 2.09. The molecule has 2 heterocycles. The molecule has 0 radical (unpaired) electrons. The lowest BCUT2D eigenvalue weighted by Crippen LogP contribution is -2.49. The van der Waals surface area contributed by atoms with Crippen molar-refractivity contribution in [3.63, 3.8) is 0 Å². The summed E-state index contributed by atoms with van der Waals surface area (Å²) in [7, 11) is -1.17. The molecule has 1 saturated heterocycles. The Morgan fingerprint density at radius 1 is 1.09 bits per heavy atom. The number of fused-ring (bicyclic) bond motifs is 1. The van der Waals surface area contributed by atoms with E-state index in [1.807, 2.05) is 32.9 Å². The highest BCUT2D eigenvalue weighted by atomic mass is 35.5. The highest BCUT2D eigenvalue weighted by Crippen LogP contribution is 2.35. The summed E-state index contributed by atoms with van der Waals surface area (Å²) in [6, 6.07) is 11.2. The van der Waals surface area contributed by atoms with Gasteiger partial charge in [0.1, 0.15) is 18.4 Å². The molecular weight excluding hydrogens is 607 g/mol. The highest BCUT2D eigenvalue weighted by Gasteiger charge is 2.38. The molecule has 1 fully saturated rings. The van der Waals surface area contributed by atoms with E-state index in [0.29, 0.717) is 47.6 Å². The van der Waals surface area contributed by atoms with Crippen molar-refractivity contribution >= 4 is 60.1 Å². The number of rotatable bonds is 9. The van der Waals surface area contributed by atoms with Crippen LogP contribution in [0.1, 0.15) is 51.7 Å². The number of benzene rings is 2. The summed E-state index contributed by atoms with van der Waals surface area (Å²) < 4.78 is 19.4. The van der Waals surface area contributed by atoms with Crippen molar-refractivity contribution < 1.29 is 23.8 Å². The van der Waals surface area contributed by atoms with Crippen molar-refractivity contribution in [2.75, 3.05) is 18.5 Å². The number of carbonyl (C=O) groups excluding carboxylic acids is 2. The van der Waals surface area contributed by atoms with Gasteiger partial charge in [0.2, 0.25) is 0 Å². The summed E-state index contributed by atoms with van der Waals surface area (Å²) in [6.45, 7) is 14.0. The van der Waals surface area contributed by atoms with E-state index in [2.05, 4.69) is 30.1 Å². The maximum atomic E-state index is 13.3. The van der Waals surface area contributed by atoms with Gasteiger partial charge in [-0.05, 0) is 88.0 Å². The van der Waals surface area contributed by atoms with Crippen LogP contribution in [-0.2, 0) is 20.9 Å². The summed E-state index contributed by atoms with van der Waals surface area (Å²) in [5.74, 6) is 0. The van der Waals surface area contributed by atoms with Gasteiger partial charge < -0.3 is 19.1 Å². The second-order valence-electron chi connectivity index (χ2n) is 13.2. The second-order valence-corrected chi connectivity index (χ2v) is 19.7. The van der Waals surface area contributed by atoms with Gasteiger partial charge in [0.15, 0.2) is 0 Å². The van der Waals surface area contributed by atoms with Crippen molar-refractivity contribution in [3.8, 4) is 0 Å². The van der Waals surface area contributed by atoms with Gasteiger partial charge in [0.05, 0.1) is 17.8 Å². The van der Waals surface area contributed by atoms with Crippen LogP contribution in [0.4, 0.5) is 15.3 Å². The number of likely N-dealkylation sites (tertiary alicyclic amines) is 1. The zero-order chi connectivity index (χ0) is 31.4. The van der Waals surface area contributed by atoms with Gasteiger partial charge in [-0.2, -0.15) is 5.10 Å². The number of ether oxygens (including phenoxy) is 3. The van der Waals surface area contributed by atoms with Gasteiger partial charge in [-0.25, -0.2) is 14.3 Å². The molecule has 9 nitrogen and oxygen atoms in total. The van der Waals surface area contributed by atoms with Crippen LogP contribution >= 0.6 is 23.2 Å². The third-order valence-electron chi connectivity index (χ3n) is 7.07. The number of piperidine rings is 1. The van der Waals surface area contributed by atoms with Gasteiger partial charge in [-0.3, -0.25) is 5.32 Å². The molecule has 1 N–H and O–H groups in total. The minimum atomic E-state index is -1.17. The molecule has 0 saturated carbocycles. The quantitative estimate of drug-likeness (QED) is 0.184. The third kappa shape index (κ3) is 9.60. The van der Waals surface area contributed by atoms with E-state index in [4.69, 9.17) is 37.4 Å². The van der Waals surface area contributed by atoms with E-state index >= 15 is 0 Å². The fourth-order valence-electron chi connectivity index (χ4n) is 4.99. The lowest BCUT2D eigenvalue weighted by atomic mass is 9.93. The van der Waals surface area contributed by atoms with Gasteiger partial charge in [0, 0.05) is 42.3 Å². The van der Waals surface area contributed by atoms with E-state index in [-0.39, 0.29) is 0 Å². The number of nitrogens with zero attached hydrogens (tertiary/aromatic N) is 3. The monoisotopic (exact) mass is 648 g/mol. The summed E-state index contributed by atoms with van der Waals surface area (Å²) in [5.41, 5.74) is 1.37. The molecule has 0 unspecified atom stereocenters. The lowest BCUT2D eigenvalue weighted by molar-refractivity contribution is -0.0199. The molecule has 1 aliphatic rings. The number of hydrogen-bond donors (Lipinski definition) is 1. The number of carbonyl (C=O) groups is 2. The van der Waals surface area contributed by atoms with E-state index in [1.165, 1.54) is 0 Å². The predicted molar refractivity (Wildman–Crippen MR) is 174 cm³/mol. The molecule has 0 bridgehead atoms. The Bertz CT molecular complexity index is 1420. The van der Waals surface area contributed by atoms with Crippen molar-refractivity contribution in [1.29, 1.82) is 0 Å². The minimum absolute atomic E-state index is 0.363. The molecule has 0 aliphatic carbocycles. The summed E-state index contributed by atoms with van der Waals surface area (Å²) in [4.78, 5) is 28.2. The molecule has 234 valence electrons. The van der Waals surface area contributed by atoms with E-state index < -0.39 is 38.0 Å². The lowest BCUT2D eigenvalue weighted by Gasteiger charge is -2.40. The van der Waals surface area contributed by atoms with Crippen molar-refractivity contribution in [2.45, 2.75) is 90.2 Å². The Balaban J connectivity index is 1.51. The number of anilines is 1. The van der Waals surface area contributed by atoms with Crippen LogP contribution in [0.3, 0.4) is 0 Å². The fourth-order valence-corrected chi connectivity index (χ4v) is 6.29. The molecule has 2 aromatic carbocycles. The van der Waals surface area contributed by atoms with Crippen LogP contribution in [0.5, 0.6) is 0 Å². The molecule has 1 aliphatic heterocycles. The standard InChI is InChI=1S/C31H42Cl2N4O5Si/c1-31(2,3)42-30(39)36-12-8-7-9-27(36)28(21-15-23(32)18-24(33)16-21)41-29(38)35-25-10-11-26-22(17-25)19-34-37(26)20-40-13-14-43(4,5)6/h10-11,15-19,27-28H,7-9,12-14,20H2,1-6H3,(H,35,38)/t27-,28-/m1/s1. The Labute approximate surface area is 264 Å². The zero-order valence-electron chi connectivity index (χ0n) is 25.8. The number of hydrogen-bond acceptors (Lipinski definition) is 6. The van der Waals surface area contributed by atoms with Gasteiger partial charge in [0.25, 0.3) is 0 Å². The average molecular weight is 650 g/mol. The van der Waals surface area contributed by atoms with Gasteiger partial charge >= 0.3 is 12.2 Å². The van der Waals surface area contributed by atoms with E-state index in [0.717, 1.165) is 29.8 Å². The average Bonchev–Trinajstić information content (AvgIpc) is 3.30. The molecule has 12 heteroatoms. The molecule has 43 heavy (non-hydrogen) atoms. The molecule has 3 aromatic rings. The van der Waals surface area contributed by atoms with Crippen molar-refractivity contribution in [2.24, 2.45) is 0 Å². The molecule has 0 spiro atoms. The number of amides is 2. The first-order valence-electron chi connectivity index (χ1n) is 14.7. The first-order chi connectivity index (χ1) is 20.2. The molecule has 2 amide bonds. The van der Waals surface area contributed by atoms with Gasteiger partial charge in [-0.1, -0.05) is 42.8 Å². The highest BCUT2D eigenvalue weighted by molar-refractivity contribution is 6.76. The molecular formula is C31H42Cl2N4O5Si. The number of halogens is 2. The zero-order valence-corrected chi connectivity index (χ0v) is 28.3. The number of nitrogens with one attached hydrogen (secondary N) is 1. The summed E-state index contributed by atoms with van der Waals surface area (Å²) >= 11 is 12.7. The van der Waals surface area contributed by atoms with Crippen molar-refractivity contribution in [1.82, 2.24) is 14.7 Å². The normalized spacial score (nSPS) is 16.7. The minimum Gasteiger partial charge on any atom is -0.444 e. The smallest absolute Gasteiger partial charge is 0.412 e. The molecule has 2 atom stereocenters. The Morgan fingerprint density at radius 2 is 1.81 bits per heavy atom. The topological polar surface area (TPSA) is 94.9 Å². The first-order valence-corrected chi connectivity index (χ1v) is 19.1.